The molecular weight excluding hydrogens is 969 g/mol. The topological polar surface area (TPSA) is 13.0 Å². The van der Waals surface area contributed by atoms with Gasteiger partial charge in [0.15, 0.2) is 0 Å². The van der Waals surface area contributed by atoms with Crippen molar-refractivity contribution >= 4 is 78.4 Å². The van der Waals surface area contributed by atoms with Gasteiger partial charge in [-0.05, 0) is 184 Å². The maximum Gasteiger partial charge on any atom is 0.0699 e. The highest BCUT2D eigenvalue weighted by molar-refractivity contribution is 6.23. The minimum Gasteiger partial charge on any atom is -0.341 e. The van der Waals surface area contributed by atoms with E-state index in [1.165, 1.54) is 122 Å². The lowest BCUT2D eigenvalue weighted by Crippen LogP contribution is -2.24. The van der Waals surface area contributed by atoms with Crippen molar-refractivity contribution < 1.29 is 0 Å². The Morgan fingerprint density at radius 1 is 0.250 bits per heavy atom. The summed E-state index contributed by atoms with van der Waals surface area (Å²) in [4.78, 5) is 9.58. The Labute approximate surface area is 468 Å². The predicted octanol–water partition coefficient (Wildman–Crippen LogP) is 20.7. The Hall–Kier alpha value is -9.64. The molecule has 2 heterocycles. The van der Waals surface area contributed by atoms with Gasteiger partial charge in [0.25, 0.3) is 0 Å². The summed E-state index contributed by atoms with van der Waals surface area (Å²) in [6.45, 7) is 9.50. The molecule has 0 saturated heterocycles. The highest BCUT2D eigenvalue weighted by Crippen LogP contribution is 2.57. The molecule has 2 aliphatic heterocycles. The zero-order valence-corrected chi connectivity index (χ0v) is 45.9. The maximum absolute atomic E-state index is 2.52. The molecule has 0 spiro atoms. The van der Waals surface area contributed by atoms with Crippen LogP contribution in [0.2, 0.25) is 0 Å². The van der Waals surface area contributed by atoms with Crippen molar-refractivity contribution in [3.8, 4) is 55.6 Å². The molecule has 0 unspecified atom stereocenters. The molecule has 0 atom stereocenters. The Morgan fingerprint density at radius 3 is 1.11 bits per heavy atom. The van der Waals surface area contributed by atoms with Crippen LogP contribution in [-0.4, -0.2) is 14.1 Å². The molecule has 12 aromatic rings. The zero-order chi connectivity index (χ0) is 53.8. The number of para-hydroxylation sites is 8. The second kappa shape index (κ2) is 16.9. The van der Waals surface area contributed by atoms with Crippen LogP contribution in [-0.2, 0) is 10.8 Å². The van der Waals surface area contributed by atoms with Crippen LogP contribution in [0.3, 0.4) is 0 Å². The molecule has 0 radical (unpaired) electrons. The summed E-state index contributed by atoms with van der Waals surface area (Å²) in [7, 11) is 4.37. The van der Waals surface area contributed by atoms with E-state index >= 15 is 0 Å². The average Bonchev–Trinajstić information content (AvgIpc) is 3.99. The smallest absolute Gasteiger partial charge is 0.0699 e. The number of nitrogens with zero attached hydrogens (tertiary/aromatic N) is 4. The van der Waals surface area contributed by atoms with E-state index in [0.717, 1.165) is 34.1 Å². The van der Waals surface area contributed by atoms with E-state index in [-0.39, 0.29) is 10.8 Å². The van der Waals surface area contributed by atoms with Crippen LogP contribution in [0.1, 0.15) is 49.9 Å². The third-order valence-corrected chi connectivity index (χ3v) is 18.5. The number of hydrogen-bond donors (Lipinski definition) is 0. The molecule has 12 aromatic carbocycles. The molecule has 16 rings (SSSR count). The Kier molecular flexibility index (Phi) is 9.83. The van der Waals surface area contributed by atoms with Gasteiger partial charge in [-0.2, -0.15) is 0 Å². The van der Waals surface area contributed by atoms with Crippen molar-refractivity contribution in [2.75, 3.05) is 33.7 Å². The molecule has 0 N–H and O–H groups in total. The van der Waals surface area contributed by atoms with Gasteiger partial charge >= 0.3 is 0 Å². The van der Waals surface area contributed by atoms with Gasteiger partial charge in [-0.3, -0.25) is 0 Å². The van der Waals surface area contributed by atoms with Crippen LogP contribution in [0.4, 0.5) is 56.9 Å². The zero-order valence-electron chi connectivity index (χ0n) is 45.9. The number of benzene rings is 12. The van der Waals surface area contributed by atoms with Crippen LogP contribution in [0.5, 0.6) is 0 Å². The third-order valence-electron chi connectivity index (χ3n) is 18.5. The van der Waals surface area contributed by atoms with Gasteiger partial charge < -0.3 is 19.6 Å². The van der Waals surface area contributed by atoms with Crippen LogP contribution >= 0.6 is 0 Å². The van der Waals surface area contributed by atoms with E-state index in [2.05, 4.69) is 304 Å². The van der Waals surface area contributed by atoms with E-state index in [4.69, 9.17) is 0 Å². The molecule has 4 nitrogen and oxygen atoms in total. The number of fused-ring (bicyclic) bond motifs is 12. The highest BCUT2D eigenvalue weighted by atomic mass is 15.3. The van der Waals surface area contributed by atoms with Gasteiger partial charge in [-0.25, -0.2) is 0 Å². The number of hydrogen-bond acceptors (Lipinski definition) is 4. The van der Waals surface area contributed by atoms with Crippen molar-refractivity contribution in [3.63, 3.8) is 0 Å². The molecule has 0 aromatic heterocycles. The first-order chi connectivity index (χ1) is 39.0. The van der Waals surface area contributed by atoms with Crippen molar-refractivity contribution in [1.82, 2.24) is 0 Å². The fourth-order valence-electron chi connectivity index (χ4n) is 14.5. The summed E-state index contributed by atoms with van der Waals surface area (Å²) in [5.74, 6) is 0. The lowest BCUT2D eigenvalue weighted by molar-refractivity contribution is 0.660. The van der Waals surface area contributed by atoms with Gasteiger partial charge in [0.2, 0.25) is 0 Å². The molecule has 0 amide bonds. The van der Waals surface area contributed by atoms with E-state index in [1.54, 1.807) is 0 Å². The van der Waals surface area contributed by atoms with Gasteiger partial charge in [0.1, 0.15) is 0 Å². The summed E-state index contributed by atoms with van der Waals surface area (Å²) in [5.41, 5.74) is 29.4. The normalized spacial score (nSPS) is 14.7. The van der Waals surface area contributed by atoms with Crippen LogP contribution in [0.25, 0.3) is 77.2 Å². The first-order valence-corrected chi connectivity index (χ1v) is 28.1. The summed E-state index contributed by atoms with van der Waals surface area (Å²) in [6.07, 6.45) is 0. The minimum absolute atomic E-state index is 0.0479. The molecule has 382 valence electrons. The molecule has 4 aliphatic rings. The first-order valence-electron chi connectivity index (χ1n) is 28.1. The molecule has 0 fully saturated rings. The third kappa shape index (κ3) is 6.51. The highest BCUT2D eigenvalue weighted by Gasteiger charge is 2.38. The number of anilines is 10. The average molecular weight is 1030 g/mol. The van der Waals surface area contributed by atoms with E-state index < -0.39 is 0 Å². The van der Waals surface area contributed by atoms with Crippen LogP contribution in [0, 0.1) is 0 Å². The summed E-state index contributed by atoms with van der Waals surface area (Å²) in [5, 5.41) is 4.82. The van der Waals surface area contributed by atoms with Crippen LogP contribution in [0.15, 0.2) is 243 Å². The lowest BCUT2D eigenvalue weighted by Gasteiger charge is -2.39. The molecule has 2 aliphatic carbocycles. The Balaban J connectivity index is 0.972. The van der Waals surface area contributed by atoms with E-state index in [9.17, 15) is 0 Å². The summed E-state index contributed by atoms with van der Waals surface area (Å²) < 4.78 is 0. The second-order valence-electron chi connectivity index (χ2n) is 23.4. The fraction of sp³-hybridized carbons (Fsp3) is 0.105. The van der Waals surface area contributed by atoms with E-state index in [1.807, 2.05) is 0 Å². The first kappa shape index (κ1) is 46.5. The second-order valence-corrected chi connectivity index (χ2v) is 23.4. The van der Waals surface area contributed by atoms with Gasteiger partial charge in [0, 0.05) is 36.3 Å². The van der Waals surface area contributed by atoms with E-state index in [0.29, 0.717) is 0 Å². The Morgan fingerprint density at radius 2 is 0.613 bits per heavy atom. The van der Waals surface area contributed by atoms with Crippen molar-refractivity contribution in [3.05, 3.63) is 265 Å². The molecular formula is C76H58N4. The molecule has 0 saturated carbocycles. The summed E-state index contributed by atoms with van der Waals surface area (Å²) in [6, 6.07) is 91.5. The van der Waals surface area contributed by atoms with Crippen molar-refractivity contribution in [2.45, 2.75) is 38.5 Å². The van der Waals surface area contributed by atoms with Gasteiger partial charge in [-0.1, -0.05) is 185 Å². The largest absolute Gasteiger partial charge is 0.341 e. The van der Waals surface area contributed by atoms with Crippen molar-refractivity contribution in [2.24, 2.45) is 0 Å². The fourth-order valence-corrected chi connectivity index (χ4v) is 14.5. The standard InChI is InChI=1S/C76H58N4/c1-75(2)62-22-10-8-20-54(62)58-43-49(36-42-63(58)75)47-31-33-48(34-32-47)73-56-40-37-52(80-71-29-17-13-25-67(71)78(6)68-26-14-18-30-72(68)80)46-60(56)74(50-35-39-55-53-19-7-9-21-61(53)76(3,4)64(55)44-50)57-41-38-51(45-59(57)73)79-69-27-15-11-23-65(69)77(5)66-24-12-16-28-70(66)79/h7-46H,1-6H3. The predicted molar refractivity (Wildman–Crippen MR) is 338 cm³/mol. The summed E-state index contributed by atoms with van der Waals surface area (Å²) >= 11 is 0. The van der Waals surface area contributed by atoms with Crippen molar-refractivity contribution in [1.29, 1.82) is 0 Å². The molecule has 80 heavy (non-hydrogen) atoms. The van der Waals surface area contributed by atoms with Gasteiger partial charge in [0.05, 0.1) is 45.5 Å². The number of rotatable bonds is 5. The minimum atomic E-state index is -0.179. The molecule has 4 heteroatoms. The van der Waals surface area contributed by atoms with Crippen LogP contribution < -0.4 is 19.6 Å². The quantitative estimate of drug-likeness (QED) is 0.159. The molecule has 0 bridgehead atoms. The Bertz CT molecular complexity index is 4500. The monoisotopic (exact) mass is 1030 g/mol. The SMILES string of the molecule is CN1c2ccccc2N(c2ccc3c(-c4ccc5c(c4)C(C)(C)c4ccccc4-5)c4cc(N5c6ccccc6N(C)c6ccccc65)ccc4c(-c4ccc(-c5ccc6c(c5)-c5ccccc5C6(C)C)cc4)c3c2)c2ccccc21. The lowest BCUT2D eigenvalue weighted by atomic mass is 9.80. The maximum atomic E-state index is 2.52. The van der Waals surface area contributed by atoms with Gasteiger partial charge in [-0.15, -0.1) is 0 Å².